The van der Waals surface area contributed by atoms with Crippen LogP contribution in [0.3, 0.4) is 0 Å². The number of rotatable bonds is 4. The fourth-order valence-electron chi connectivity index (χ4n) is 3.68. The molecule has 1 fully saturated rings. The SMILES string of the molecule is CC(C)n1ncc2c(C(=O)Nc3ccc4c(c3)NC(=O)[C@@H](C)O4)cc(C3CC3)nc21. The molecule has 3 heterocycles. The fraction of sp³-hybridized carbons (Fsp3) is 0.364. The summed E-state index contributed by atoms with van der Waals surface area (Å²) in [4.78, 5) is 29.9. The molecule has 2 amide bonds. The second kappa shape index (κ2) is 6.83. The predicted octanol–water partition coefficient (Wildman–Crippen LogP) is 3.86. The standard InChI is InChI=1S/C22H23N5O3/c1-11(2)27-20-16(10-23-27)15(9-17(25-20)13-4-5-13)22(29)24-14-6-7-19-18(8-14)26-21(28)12(3)30-19/h6-13H,4-5H2,1-3H3,(H,24,29)(H,26,28)/t12-/m1/s1. The van der Waals surface area contributed by atoms with Crippen molar-refractivity contribution >= 4 is 34.2 Å². The lowest BCUT2D eigenvalue weighted by Crippen LogP contribution is -2.34. The number of hydrogen-bond donors (Lipinski definition) is 2. The van der Waals surface area contributed by atoms with Crippen molar-refractivity contribution in [3.8, 4) is 5.75 Å². The zero-order valence-corrected chi connectivity index (χ0v) is 17.1. The summed E-state index contributed by atoms with van der Waals surface area (Å²) in [6, 6.07) is 7.24. The first-order valence-electron chi connectivity index (χ1n) is 10.2. The first kappa shape index (κ1) is 18.6. The molecule has 0 bridgehead atoms. The van der Waals surface area contributed by atoms with Crippen molar-refractivity contribution in [1.82, 2.24) is 14.8 Å². The van der Waals surface area contributed by atoms with Gasteiger partial charge in [0, 0.05) is 23.3 Å². The van der Waals surface area contributed by atoms with E-state index in [0.29, 0.717) is 28.6 Å². The number of carbonyl (C=O) groups excluding carboxylic acids is 2. The van der Waals surface area contributed by atoms with Crippen molar-refractivity contribution in [3.05, 3.63) is 41.7 Å². The van der Waals surface area contributed by atoms with E-state index in [1.54, 1.807) is 31.3 Å². The lowest BCUT2D eigenvalue weighted by molar-refractivity contribution is -0.122. The number of aromatic nitrogens is 3. The number of nitrogens with one attached hydrogen (secondary N) is 2. The molecule has 30 heavy (non-hydrogen) atoms. The van der Waals surface area contributed by atoms with Crippen LogP contribution in [0.25, 0.3) is 11.0 Å². The van der Waals surface area contributed by atoms with Gasteiger partial charge in [0.1, 0.15) is 5.75 Å². The van der Waals surface area contributed by atoms with E-state index in [9.17, 15) is 9.59 Å². The Balaban J connectivity index is 1.49. The zero-order valence-electron chi connectivity index (χ0n) is 17.1. The summed E-state index contributed by atoms with van der Waals surface area (Å²) in [5.74, 6) is 0.552. The van der Waals surface area contributed by atoms with Crippen molar-refractivity contribution in [2.45, 2.75) is 51.7 Å². The summed E-state index contributed by atoms with van der Waals surface area (Å²) < 4.78 is 7.43. The lowest BCUT2D eigenvalue weighted by atomic mass is 10.1. The maximum atomic E-state index is 13.2. The van der Waals surface area contributed by atoms with Crippen molar-refractivity contribution in [1.29, 1.82) is 0 Å². The van der Waals surface area contributed by atoms with Crippen LogP contribution in [0.5, 0.6) is 5.75 Å². The number of pyridine rings is 1. The van der Waals surface area contributed by atoms with Gasteiger partial charge in [0.05, 0.1) is 22.8 Å². The predicted molar refractivity (Wildman–Crippen MR) is 113 cm³/mol. The maximum Gasteiger partial charge on any atom is 0.265 e. The molecule has 2 aromatic heterocycles. The Hall–Kier alpha value is -3.42. The molecule has 0 saturated heterocycles. The van der Waals surface area contributed by atoms with Gasteiger partial charge in [-0.05, 0) is 57.9 Å². The molecule has 8 heteroatoms. The average molecular weight is 405 g/mol. The van der Waals surface area contributed by atoms with Gasteiger partial charge in [-0.2, -0.15) is 5.10 Å². The third kappa shape index (κ3) is 3.18. The van der Waals surface area contributed by atoms with Crippen LogP contribution < -0.4 is 15.4 Å². The van der Waals surface area contributed by atoms with Crippen LogP contribution in [-0.2, 0) is 4.79 Å². The Morgan fingerprint density at radius 1 is 1.30 bits per heavy atom. The molecule has 0 radical (unpaired) electrons. The lowest BCUT2D eigenvalue weighted by Gasteiger charge is -2.23. The van der Waals surface area contributed by atoms with Gasteiger partial charge < -0.3 is 15.4 Å². The number of carbonyl (C=O) groups is 2. The average Bonchev–Trinajstić information content (AvgIpc) is 3.47. The molecular weight excluding hydrogens is 382 g/mol. The normalized spacial score (nSPS) is 18.1. The van der Waals surface area contributed by atoms with E-state index in [2.05, 4.69) is 15.7 Å². The molecule has 1 aliphatic heterocycles. The smallest absolute Gasteiger partial charge is 0.265 e. The maximum absolute atomic E-state index is 13.2. The minimum atomic E-state index is -0.540. The molecule has 154 valence electrons. The molecular formula is C22H23N5O3. The first-order valence-corrected chi connectivity index (χ1v) is 10.2. The Bertz CT molecular complexity index is 1180. The van der Waals surface area contributed by atoms with Crippen LogP contribution in [0, 0.1) is 0 Å². The molecule has 1 saturated carbocycles. The van der Waals surface area contributed by atoms with E-state index in [4.69, 9.17) is 9.72 Å². The molecule has 5 rings (SSSR count). The first-order chi connectivity index (χ1) is 14.4. The van der Waals surface area contributed by atoms with Gasteiger partial charge >= 0.3 is 0 Å². The van der Waals surface area contributed by atoms with Crippen molar-refractivity contribution < 1.29 is 14.3 Å². The van der Waals surface area contributed by atoms with Gasteiger partial charge in [0.15, 0.2) is 11.8 Å². The van der Waals surface area contributed by atoms with E-state index in [1.165, 1.54) is 0 Å². The highest BCUT2D eigenvalue weighted by molar-refractivity contribution is 6.12. The highest BCUT2D eigenvalue weighted by Crippen LogP contribution is 2.40. The van der Waals surface area contributed by atoms with Crippen molar-refractivity contribution in [3.63, 3.8) is 0 Å². The molecule has 1 atom stereocenters. The van der Waals surface area contributed by atoms with Crippen LogP contribution >= 0.6 is 0 Å². The minimum Gasteiger partial charge on any atom is -0.479 e. The van der Waals surface area contributed by atoms with Gasteiger partial charge in [-0.15, -0.1) is 0 Å². The van der Waals surface area contributed by atoms with Gasteiger partial charge in [0.2, 0.25) is 0 Å². The quantitative estimate of drug-likeness (QED) is 0.687. The molecule has 1 aliphatic carbocycles. The molecule has 8 nitrogen and oxygen atoms in total. The third-order valence-electron chi connectivity index (χ3n) is 5.48. The van der Waals surface area contributed by atoms with Crippen LogP contribution in [-0.4, -0.2) is 32.7 Å². The Kier molecular flexibility index (Phi) is 4.23. The molecule has 0 spiro atoms. The molecule has 2 aliphatic rings. The van der Waals surface area contributed by atoms with E-state index in [-0.39, 0.29) is 17.9 Å². The number of hydrogen-bond acceptors (Lipinski definition) is 5. The molecule has 3 aromatic rings. The highest BCUT2D eigenvalue weighted by atomic mass is 16.5. The van der Waals surface area contributed by atoms with Gasteiger partial charge in [-0.3, -0.25) is 9.59 Å². The van der Waals surface area contributed by atoms with Crippen molar-refractivity contribution in [2.75, 3.05) is 10.6 Å². The second-order valence-electron chi connectivity index (χ2n) is 8.20. The summed E-state index contributed by atoms with van der Waals surface area (Å²) in [6.45, 7) is 5.78. The van der Waals surface area contributed by atoms with Gasteiger partial charge in [-0.1, -0.05) is 0 Å². The van der Waals surface area contributed by atoms with E-state index in [1.807, 2.05) is 24.6 Å². The largest absolute Gasteiger partial charge is 0.479 e. The van der Waals surface area contributed by atoms with E-state index >= 15 is 0 Å². The van der Waals surface area contributed by atoms with Gasteiger partial charge in [-0.25, -0.2) is 9.67 Å². The number of nitrogens with zero attached hydrogens (tertiary/aromatic N) is 3. The number of ether oxygens (including phenoxy) is 1. The molecule has 1 aromatic carbocycles. The van der Waals surface area contributed by atoms with Crippen LogP contribution in [0.15, 0.2) is 30.5 Å². The zero-order chi connectivity index (χ0) is 21.0. The molecule has 2 N–H and O–H groups in total. The monoisotopic (exact) mass is 405 g/mol. The number of amides is 2. The van der Waals surface area contributed by atoms with Crippen molar-refractivity contribution in [2.24, 2.45) is 0 Å². The third-order valence-corrected chi connectivity index (χ3v) is 5.48. The second-order valence-corrected chi connectivity index (χ2v) is 8.20. The number of anilines is 2. The topological polar surface area (TPSA) is 98.1 Å². The molecule has 0 unspecified atom stereocenters. The summed E-state index contributed by atoms with van der Waals surface area (Å²) in [5, 5.41) is 10.9. The van der Waals surface area contributed by atoms with Gasteiger partial charge in [0.25, 0.3) is 11.8 Å². The highest BCUT2D eigenvalue weighted by Gasteiger charge is 2.28. The van der Waals surface area contributed by atoms with Crippen LogP contribution in [0.2, 0.25) is 0 Å². The number of fused-ring (bicyclic) bond motifs is 2. The summed E-state index contributed by atoms with van der Waals surface area (Å²) >= 11 is 0. The Morgan fingerprint density at radius 2 is 2.10 bits per heavy atom. The summed E-state index contributed by atoms with van der Waals surface area (Å²) in [6.07, 6.45) is 3.36. The summed E-state index contributed by atoms with van der Waals surface area (Å²) in [5.41, 5.74) is 3.35. The Labute approximate surface area is 173 Å². The Morgan fingerprint density at radius 3 is 2.83 bits per heavy atom. The van der Waals surface area contributed by atoms with Crippen LogP contribution in [0.1, 0.15) is 61.6 Å². The fourth-order valence-corrected chi connectivity index (χ4v) is 3.68. The minimum absolute atomic E-state index is 0.145. The van der Waals surface area contributed by atoms with Crippen LogP contribution in [0.4, 0.5) is 11.4 Å². The van der Waals surface area contributed by atoms with E-state index < -0.39 is 6.10 Å². The number of benzene rings is 1. The van der Waals surface area contributed by atoms with E-state index in [0.717, 1.165) is 29.6 Å². The summed E-state index contributed by atoms with van der Waals surface area (Å²) in [7, 11) is 0.